The van der Waals surface area contributed by atoms with E-state index in [2.05, 4.69) is 15.6 Å². The zero-order valence-corrected chi connectivity index (χ0v) is 13.6. The van der Waals surface area contributed by atoms with E-state index in [1.807, 2.05) is 0 Å². The lowest BCUT2D eigenvalue weighted by molar-refractivity contribution is 0.0498. The first-order valence-electron chi connectivity index (χ1n) is 8.06. The van der Waals surface area contributed by atoms with Crippen LogP contribution < -0.4 is 5.32 Å². The first kappa shape index (κ1) is 16.6. The smallest absolute Gasteiger partial charge is 0.271 e. The van der Waals surface area contributed by atoms with Gasteiger partial charge in [0.25, 0.3) is 5.91 Å². The zero-order valence-electron chi connectivity index (χ0n) is 13.6. The maximum absolute atomic E-state index is 13.1. The summed E-state index contributed by atoms with van der Waals surface area (Å²) >= 11 is 0. The maximum atomic E-state index is 13.1. The largest absolute Gasteiger partial charge is 0.392 e. The minimum Gasteiger partial charge on any atom is -0.392 e. The molecule has 0 spiro atoms. The molecule has 0 saturated heterocycles. The third-order valence-electron chi connectivity index (χ3n) is 4.88. The average molecular weight is 332 g/mol. The third-order valence-corrected chi connectivity index (χ3v) is 4.88. The summed E-state index contributed by atoms with van der Waals surface area (Å²) in [6, 6.07) is 6.30. The Hall–Kier alpha value is -2.28. The minimum absolute atomic E-state index is 0.264. The van der Waals surface area contributed by atoms with Crippen LogP contribution in [0.3, 0.4) is 0 Å². The molecule has 1 saturated carbocycles. The van der Waals surface area contributed by atoms with Crippen LogP contribution in [0.5, 0.6) is 0 Å². The van der Waals surface area contributed by atoms with E-state index in [1.165, 1.54) is 23.0 Å². The lowest BCUT2D eigenvalue weighted by atomic mass is 9.78. The van der Waals surface area contributed by atoms with Crippen LogP contribution in [0.25, 0.3) is 0 Å². The monoisotopic (exact) mass is 332 g/mol. The number of carbonyl (C=O) groups is 1. The number of halogens is 1. The van der Waals surface area contributed by atoms with E-state index in [1.54, 1.807) is 19.2 Å². The predicted molar refractivity (Wildman–Crippen MR) is 85.7 cm³/mol. The molecular formula is C17H21FN4O2. The second-order valence-electron chi connectivity index (χ2n) is 6.50. The normalized spacial score (nSPS) is 23.4. The fraction of sp³-hybridized carbons (Fsp3) is 0.471. The fourth-order valence-corrected chi connectivity index (χ4v) is 3.45. The molecule has 7 heteroatoms. The average Bonchev–Trinajstić information content (AvgIpc) is 3.14. The number of aliphatic hydroxyl groups is 1. The number of nitrogens with one attached hydrogen (secondary N) is 1. The molecule has 2 aromatic rings. The number of rotatable bonds is 5. The van der Waals surface area contributed by atoms with E-state index in [0.29, 0.717) is 25.1 Å². The number of aliphatic hydroxyl groups excluding tert-OH is 1. The van der Waals surface area contributed by atoms with Gasteiger partial charge in [0.2, 0.25) is 0 Å². The summed E-state index contributed by atoms with van der Waals surface area (Å²) in [5, 5.41) is 20.8. The van der Waals surface area contributed by atoms with Crippen molar-refractivity contribution in [2.75, 3.05) is 6.54 Å². The fourth-order valence-electron chi connectivity index (χ4n) is 3.45. The highest BCUT2D eigenvalue weighted by Gasteiger charge is 2.42. The van der Waals surface area contributed by atoms with Crippen LogP contribution in [0, 0.1) is 11.2 Å². The van der Waals surface area contributed by atoms with E-state index in [0.717, 1.165) is 18.4 Å². The van der Waals surface area contributed by atoms with Crippen molar-refractivity contribution in [1.29, 1.82) is 0 Å². The summed E-state index contributed by atoms with van der Waals surface area (Å²) < 4.78 is 14.5. The number of aromatic nitrogens is 3. The van der Waals surface area contributed by atoms with Crippen LogP contribution in [-0.4, -0.2) is 38.7 Å². The minimum atomic E-state index is -0.493. The molecule has 6 nitrogen and oxygen atoms in total. The quantitative estimate of drug-likeness (QED) is 0.869. The van der Waals surface area contributed by atoms with Gasteiger partial charge < -0.3 is 10.4 Å². The van der Waals surface area contributed by atoms with Gasteiger partial charge in [-0.15, -0.1) is 5.10 Å². The molecule has 1 heterocycles. The van der Waals surface area contributed by atoms with Crippen molar-refractivity contribution in [1.82, 2.24) is 20.3 Å². The Balaban J connectivity index is 1.73. The van der Waals surface area contributed by atoms with Gasteiger partial charge in [0.05, 0.1) is 12.3 Å². The molecule has 1 aromatic heterocycles. The predicted octanol–water partition coefficient (Wildman–Crippen LogP) is 1.46. The molecule has 2 N–H and O–H groups in total. The molecule has 1 fully saturated rings. The molecule has 3 rings (SSSR count). The summed E-state index contributed by atoms with van der Waals surface area (Å²) in [6.45, 7) is 0.357. The van der Waals surface area contributed by atoms with Crippen LogP contribution in [-0.2, 0) is 13.5 Å². The van der Waals surface area contributed by atoms with E-state index >= 15 is 0 Å². The SMILES string of the molecule is Cn1nncc1C(=O)NC[C@]1(Cc2ccc(F)cc2)CCC[C@H]1O. The Morgan fingerprint density at radius 2 is 2.21 bits per heavy atom. The standard InChI is InChI=1S/C17H21FN4O2/c1-22-14(10-20-21-22)16(24)19-11-17(8-2-3-15(17)23)9-12-4-6-13(18)7-5-12/h4-7,10,15,23H,2-3,8-9,11H2,1H3,(H,19,24)/t15-,17-/m1/s1. The summed E-state index contributed by atoms with van der Waals surface area (Å²) in [6.07, 6.45) is 3.95. The van der Waals surface area contributed by atoms with Gasteiger partial charge in [-0.05, 0) is 37.0 Å². The molecule has 0 radical (unpaired) electrons. The number of hydrogen-bond acceptors (Lipinski definition) is 4. The van der Waals surface area contributed by atoms with Crippen molar-refractivity contribution < 1.29 is 14.3 Å². The molecule has 128 valence electrons. The number of nitrogens with zero attached hydrogens (tertiary/aromatic N) is 3. The first-order chi connectivity index (χ1) is 11.5. The molecule has 2 atom stereocenters. The number of aryl methyl sites for hydroxylation is 1. The maximum Gasteiger partial charge on any atom is 0.271 e. The zero-order chi connectivity index (χ0) is 17.2. The molecule has 1 aliphatic carbocycles. The van der Waals surface area contributed by atoms with Crippen molar-refractivity contribution in [3.63, 3.8) is 0 Å². The Morgan fingerprint density at radius 1 is 1.46 bits per heavy atom. The van der Waals surface area contributed by atoms with Crippen molar-refractivity contribution in [2.45, 2.75) is 31.8 Å². The van der Waals surface area contributed by atoms with E-state index in [9.17, 15) is 14.3 Å². The topological polar surface area (TPSA) is 80.0 Å². The number of hydrogen-bond donors (Lipinski definition) is 2. The molecule has 24 heavy (non-hydrogen) atoms. The molecule has 0 unspecified atom stereocenters. The summed E-state index contributed by atoms with van der Waals surface area (Å²) in [4.78, 5) is 12.3. The molecular weight excluding hydrogens is 311 g/mol. The molecule has 1 aliphatic rings. The molecule has 1 aromatic carbocycles. The highest BCUT2D eigenvalue weighted by molar-refractivity contribution is 5.92. The van der Waals surface area contributed by atoms with E-state index in [-0.39, 0.29) is 11.7 Å². The summed E-state index contributed by atoms with van der Waals surface area (Å²) in [7, 11) is 1.65. The van der Waals surface area contributed by atoms with Gasteiger partial charge in [-0.1, -0.05) is 23.8 Å². The van der Waals surface area contributed by atoms with Crippen LogP contribution in [0.1, 0.15) is 35.3 Å². The lowest BCUT2D eigenvalue weighted by Gasteiger charge is -2.33. The molecule has 1 amide bonds. The highest BCUT2D eigenvalue weighted by atomic mass is 19.1. The number of amides is 1. The number of carbonyl (C=O) groups excluding carboxylic acids is 1. The second-order valence-corrected chi connectivity index (χ2v) is 6.50. The van der Waals surface area contributed by atoms with Gasteiger partial charge in [-0.3, -0.25) is 4.79 Å². The third kappa shape index (κ3) is 3.31. The van der Waals surface area contributed by atoms with Gasteiger partial charge in [0, 0.05) is 19.0 Å². The first-order valence-corrected chi connectivity index (χ1v) is 8.06. The van der Waals surface area contributed by atoms with Gasteiger partial charge >= 0.3 is 0 Å². The lowest BCUT2D eigenvalue weighted by Crippen LogP contribution is -2.44. The van der Waals surface area contributed by atoms with Crippen LogP contribution in [0.15, 0.2) is 30.5 Å². The number of benzene rings is 1. The Bertz CT molecular complexity index is 716. The van der Waals surface area contributed by atoms with E-state index < -0.39 is 11.5 Å². The van der Waals surface area contributed by atoms with Crippen LogP contribution in [0.4, 0.5) is 4.39 Å². The van der Waals surface area contributed by atoms with Crippen LogP contribution >= 0.6 is 0 Å². The summed E-state index contributed by atoms with van der Waals surface area (Å²) in [5.41, 5.74) is 0.896. The highest BCUT2D eigenvalue weighted by Crippen LogP contribution is 2.40. The van der Waals surface area contributed by atoms with Gasteiger partial charge in [0.15, 0.2) is 0 Å². The Morgan fingerprint density at radius 3 is 2.79 bits per heavy atom. The Kier molecular flexibility index (Phi) is 4.62. The van der Waals surface area contributed by atoms with Gasteiger partial charge in [-0.2, -0.15) is 0 Å². The van der Waals surface area contributed by atoms with Gasteiger partial charge in [0.1, 0.15) is 11.5 Å². The van der Waals surface area contributed by atoms with Gasteiger partial charge in [-0.25, -0.2) is 9.07 Å². The van der Waals surface area contributed by atoms with Crippen LogP contribution in [0.2, 0.25) is 0 Å². The Labute approximate surface area is 139 Å². The van der Waals surface area contributed by atoms with Crippen molar-refractivity contribution in [2.24, 2.45) is 12.5 Å². The van der Waals surface area contributed by atoms with Crippen molar-refractivity contribution in [3.8, 4) is 0 Å². The van der Waals surface area contributed by atoms with Crippen molar-refractivity contribution >= 4 is 5.91 Å². The second kappa shape index (κ2) is 6.68. The van der Waals surface area contributed by atoms with Crippen molar-refractivity contribution in [3.05, 3.63) is 47.5 Å². The molecule has 0 bridgehead atoms. The van der Waals surface area contributed by atoms with E-state index in [4.69, 9.17) is 0 Å². The molecule has 0 aliphatic heterocycles. The summed E-state index contributed by atoms with van der Waals surface area (Å²) in [5.74, 6) is -0.545.